The Kier molecular flexibility index (Phi) is 4.32. The molecule has 0 aromatic carbocycles. The second-order valence-corrected chi connectivity index (χ2v) is 6.67. The van der Waals surface area contributed by atoms with Crippen LogP contribution in [0.3, 0.4) is 0 Å². The lowest BCUT2D eigenvalue weighted by molar-refractivity contribution is 0.101. The number of ketones is 1. The van der Waals surface area contributed by atoms with Gasteiger partial charge in [-0.1, -0.05) is 13.8 Å². The monoisotopic (exact) mass is 285 g/mol. The number of aromatic nitrogens is 1. The van der Waals surface area contributed by atoms with Gasteiger partial charge in [-0.2, -0.15) is 5.26 Å². The highest BCUT2D eigenvalue weighted by molar-refractivity contribution is 6.00. The highest BCUT2D eigenvalue weighted by atomic mass is 16.1. The predicted octanol–water partition coefficient (Wildman–Crippen LogP) is 3.48. The van der Waals surface area contributed by atoms with E-state index < -0.39 is 0 Å². The average Bonchev–Trinajstić information content (AvgIpc) is 2.59. The summed E-state index contributed by atoms with van der Waals surface area (Å²) in [5.74, 6) is 0.729. The first-order chi connectivity index (χ1) is 9.85. The number of rotatable bonds is 2. The van der Waals surface area contributed by atoms with Gasteiger partial charge >= 0.3 is 0 Å². The highest BCUT2D eigenvalue weighted by Crippen LogP contribution is 2.33. The van der Waals surface area contributed by atoms with Gasteiger partial charge in [-0.3, -0.25) is 4.79 Å². The molecule has 0 amide bonds. The van der Waals surface area contributed by atoms with Gasteiger partial charge in [-0.15, -0.1) is 0 Å². The van der Waals surface area contributed by atoms with Gasteiger partial charge in [-0.05, 0) is 44.1 Å². The van der Waals surface area contributed by atoms with Crippen LogP contribution < -0.4 is 4.90 Å². The van der Waals surface area contributed by atoms with Gasteiger partial charge in [0.25, 0.3) is 0 Å². The van der Waals surface area contributed by atoms with Crippen molar-refractivity contribution < 1.29 is 4.79 Å². The van der Waals surface area contributed by atoms with Gasteiger partial charge in [0.05, 0.1) is 11.1 Å². The fourth-order valence-electron chi connectivity index (χ4n) is 3.00. The summed E-state index contributed by atoms with van der Waals surface area (Å²) in [7, 11) is 0. The normalized spacial score (nSPS) is 18.0. The van der Waals surface area contributed by atoms with E-state index in [-0.39, 0.29) is 5.78 Å². The van der Waals surface area contributed by atoms with E-state index in [1.807, 2.05) is 6.92 Å². The molecule has 4 heteroatoms. The Morgan fingerprint density at radius 2 is 2.10 bits per heavy atom. The van der Waals surface area contributed by atoms with E-state index in [1.165, 1.54) is 6.42 Å². The van der Waals surface area contributed by atoms with Gasteiger partial charge in [0, 0.05) is 19.3 Å². The largest absolute Gasteiger partial charge is 0.356 e. The number of carbonyl (C=O) groups excluding carboxylic acids is 1. The summed E-state index contributed by atoms with van der Waals surface area (Å²) < 4.78 is 0. The van der Waals surface area contributed by atoms with Crippen molar-refractivity contribution in [2.75, 3.05) is 18.0 Å². The van der Waals surface area contributed by atoms with E-state index in [0.717, 1.165) is 37.3 Å². The Morgan fingerprint density at radius 1 is 1.38 bits per heavy atom. The quantitative estimate of drug-likeness (QED) is 0.781. The lowest BCUT2D eigenvalue weighted by Gasteiger charge is -2.26. The van der Waals surface area contributed by atoms with Crippen LogP contribution in [-0.4, -0.2) is 23.9 Å². The van der Waals surface area contributed by atoms with Crippen molar-refractivity contribution in [2.45, 2.75) is 47.0 Å². The number of hydrogen-bond acceptors (Lipinski definition) is 4. The van der Waals surface area contributed by atoms with Crippen LogP contribution in [0.2, 0.25) is 0 Å². The fraction of sp³-hybridized carbons (Fsp3) is 0.588. The van der Waals surface area contributed by atoms with Crippen molar-refractivity contribution in [3.63, 3.8) is 0 Å². The Labute approximate surface area is 126 Å². The van der Waals surface area contributed by atoms with Crippen LogP contribution in [0.25, 0.3) is 0 Å². The molecule has 1 fully saturated rings. The first kappa shape index (κ1) is 15.5. The third-order valence-electron chi connectivity index (χ3n) is 4.43. The van der Waals surface area contributed by atoms with Crippen molar-refractivity contribution in [1.29, 1.82) is 5.26 Å². The molecule has 0 saturated carbocycles. The Bertz CT molecular complexity index is 599. The van der Waals surface area contributed by atoms with Gasteiger partial charge in [0.2, 0.25) is 0 Å². The molecule has 112 valence electrons. The molecule has 1 aromatic heterocycles. The standard InChI is InChI=1S/C17H23N3O/c1-12-14(10-18)11-19-16(15(12)13(2)21)20-8-5-6-17(3,4)7-9-20/h11H,5-9H2,1-4H3. The van der Waals surface area contributed by atoms with Crippen LogP contribution in [-0.2, 0) is 0 Å². The highest BCUT2D eigenvalue weighted by Gasteiger charge is 2.26. The minimum absolute atomic E-state index is 0.0180. The van der Waals surface area contributed by atoms with Crippen molar-refractivity contribution in [3.05, 3.63) is 22.9 Å². The smallest absolute Gasteiger partial charge is 0.163 e. The van der Waals surface area contributed by atoms with Crippen LogP contribution in [0.15, 0.2) is 6.20 Å². The van der Waals surface area contributed by atoms with E-state index in [9.17, 15) is 4.79 Å². The van der Waals surface area contributed by atoms with Gasteiger partial charge in [0.15, 0.2) is 5.78 Å². The molecule has 4 nitrogen and oxygen atoms in total. The lowest BCUT2D eigenvalue weighted by atomic mass is 9.85. The summed E-state index contributed by atoms with van der Waals surface area (Å²) in [6, 6.07) is 2.11. The Balaban J connectivity index is 2.42. The van der Waals surface area contributed by atoms with Crippen LogP contribution >= 0.6 is 0 Å². The third kappa shape index (κ3) is 3.24. The number of carbonyl (C=O) groups is 1. The topological polar surface area (TPSA) is 57.0 Å². The molecule has 1 saturated heterocycles. The summed E-state index contributed by atoms with van der Waals surface area (Å²) in [5, 5.41) is 9.12. The molecule has 2 rings (SSSR count). The zero-order chi connectivity index (χ0) is 15.6. The van der Waals surface area contributed by atoms with Crippen molar-refractivity contribution in [3.8, 4) is 6.07 Å². The molecular formula is C17H23N3O. The number of anilines is 1. The lowest BCUT2D eigenvalue weighted by Crippen LogP contribution is -2.28. The fourth-order valence-corrected chi connectivity index (χ4v) is 3.00. The summed E-state index contributed by atoms with van der Waals surface area (Å²) >= 11 is 0. The second kappa shape index (κ2) is 5.85. The van der Waals surface area contributed by atoms with Crippen LogP contribution in [0, 0.1) is 23.7 Å². The van der Waals surface area contributed by atoms with Crippen molar-refractivity contribution >= 4 is 11.6 Å². The molecule has 0 radical (unpaired) electrons. The Hall–Kier alpha value is -1.89. The molecule has 1 aromatic rings. The molecule has 1 aliphatic heterocycles. The van der Waals surface area contributed by atoms with Gasteiger partial charge in [0.1, 0.15) is 11.9 Å². The maximum atomic E-state index is 12.0. The number of hydrogen-bond donors (Lipinski definition) is 0. The minimum Gasteiger partial charge on any atom is -0.356 e. The molecule has 0 atom stereocenters. The number of nitriles is 1. The molecule has 0 aliphatic carbocycles. The number of pyridine rings is 1. The van der Waals surface area contributed by atoms with E-state index in [1.54, 1.807) is 13.1 Å². The van der Waals surface area contributed by atoms with Crippen LogP contribution in [0.5, 0.6) is 0 Å². The van der Waals surface area contributed by atoms with E-state index >= 15 is 0 Å². The Morgan fingerprint density at radius 3 is 2.71 bits per heavy atom. The van der Waals surface area contributed by atoms with Gasteiger partial charge < -0.3 is 4.90 Å². The molecule has 0 spiro atoms. The summed E-state index contributed by atoms with van der Waals surface area (Å²) in [5.41, 5.74) is 2.18. The summed E-state index contributed by atoms with van der Waals surface area (Å²) in [4.78, 5) is 18.7. The first-order valence-electron chi connectivity index (χ1n) is 7.51. The maximum Gasteiger partial charge on any atom is 0.163 e. The first-order valence-corrected chi connectivity index (χ1v) is 7.51. The van der Waals surface area contributed by atoms with E-state index in [4.69, 9.17) is 5.26 Å². The molecule has 0 N–H and O–H groups in total. The van der Waals surface area contributed by atoms with Crippen LogP contribution in [0.1, 0.15) is 61.5 Å². The summed E-state index contributed by atoms with van der Waals surface area (Å²) in [6.07, 6.45) is 4.97. The molecule has 2 heterocycles. The second-order valence-electron chi connectivity index (χ2n) is 6.67. The van der Waals surface area contributed by atoms with Crippen molar-refractivity contribution in [2.24, 2.45) is 5.41 Å². The maximum absolute atomic E-state index is 12.0. The van der Waals surface area contributed by atoms with Gasteiger partial charge in [-0.25, -0.2) is 4.98 Å². The SMILES string of the molecule is CC(=O)c1c(N2CCCC(C)(C)CC2)ncc(C#N)c1C. The van der Waals surface area contributed by atoms with Crippen LogP contribution in [0.4, 0.5) is 5.82 Å². The zero-order valence-electron chi connectivity index (χ0n) is 13.4. The summed E-state index contributed by atoms with van der Waals surface area (Å²) in [6.45, 7) is 9.80. The van der Waals surface area contributed by atoms with Crippen molar-refractivity contribution in [1.82, 2.24) is 4.98 Å². The predicted molar refractivity (Wildman–Crippen MR) is 83.5 cm³/mol. The molecule has 21 heavy (non-hydrogen) atoms. The molecule has 0 bridgehead atoms. The molecular weight excluding hydrogens is 262 g/mol. The molecule has 0 unspecified atom stereocenters. The van der Waals surface area contributed by atoms with E-state index in [0.29, 0.717) is 16.5 Å². The van der Waals surface area contributed by atoms with E-state index in [2.05, 4.69) is 29.8 Å². The average molecular weight is 285 g/mol. The minimum atomic E-state index is -0.0180. The number of Topliss-reactive ketones (excluding diaryl/α,β-unsaturated/α-hetero) is 1. The number of nitrogens with zero attached hydrogens (tertiary/aromatic N) is 3. The zero-order valence-corrected chi connectivity index (χ0v) is 13.4. The third-order valence-corrected chi connectivity index (χ3v) is 4.43. The molecule has 1 aliphatic rings.